The highest BCUT2D eigenvalue weighted by atomic mass is 19.4. The van der Waals surface area contributed by atoms with Crippen molar-refractivity contribution in [1.29, 1.82) is 0 Å². The number of unbranched alkanes of at least 4 members (excludes halogenated alkanes) is 1. The number of benzene rings is 1. The number of halogens is 3. The molecule has 0 heterocycles. The van der Waals surface area contributed by atoms with E-state index in [2.05, 4.69) is 4.74 Å². The number of hydrogen-bond donors (Lipinski definition) is 1. The molecule has 1 unspecified atom stereocenters. The molecule has 1 aromatic carbocycles. The normalized spacial score (nSPS) is 13.5. The van der Waals surface area contributed by atoms with E-state index in [9.17, 15) is 18.3 Å². The average molecular weight is 248 g/mol. The van der Waals surface area contributed by atoms with Gasteiger partial charge in [-0.25, -0.2) is 0 Å². The lowest BCUT2D eigenvalue weighted by Crippen LogP contribution is -2.17. The Morgan fingerprint density at radius 3 is 2.65 bits per heavy atom. The van der Waals surface area contributed by atoms with E-state index in [1.165, 1.54) is 18.2 Å². The zero-order valence-corrected chi connectivity index (χ0v) is 9.50. The molecule has 1 aromatic rings. The van der Waals surface area contributed by atoms with Crippen molar-refractivity contribution < 1.29 is 23.0 Å². The molecule has 1 rings (SSSR count). The second-order valence-electron chi connectivity index (χ2n) is 3.78. The van der Waals surface area contributed by atoms with E-state index in [0.29, 0.717) is 12.0 Å². The van der Waals surface area contributed by atoms with Crippen LogP contribution in [0, 0.1) is 0 Å². The minimum Gasteiger partial charge on any atom is -0.406 e. The third kappa shape index (κ3) is 5.08. The Morgan fingerprint density at radius 2 is 2.06 bits per heavy atom. The highest BCUT2D eigenvalue weighted by molar-refractivity contribution is 5.30. The van der Waals surface area contributed by atoms with Gasteiger partial charge in [0.05, 0.1) is 6.10 Å². The van der Waals surface area contributed by atoms with Crippen molar-refractivity contribution in [2.45, 2.75) is 38.7 Å². The Bertz CT molecular complexity index is 350. The van der Waals surface area contributed by atoms with Crippen LogP contribution in [-0.2, 0) is 0 Å². The molecule has 0 radical (unpaired) electrons. The van der Waals surface area contributed by atoms with Crippen LogP contribution in [0.1, 0.15) is 37.9 Å². The quantitative estimate of drug-likeness (QED) is 0.858. The van der Waals surface area contributed by atoms with Crippen LogP contribution in [0.3, 0.4) is 0 Å². The summed E-state index contributed by atoms with van der Waals surface area (Å²) in [5, 5.41) is 9.74. The fourth-order valence-electron chi connectivity index (χ4n) is 1.48. The van der Waals surface area contributed by atoms with Gasteiger partial charge in [0.15, 0.2) is 0 Å². The summed E-state index contributed by atoms with van der Waals surface area (Å²) in [5.74, 6) is -0.300. The number of rotatable bonds is 5. The second-order valence-corrected chi connectivity index (χ2v) is 3.78. The molecule has 96 valence electrons. The Morgan fingerprint density at radius 1 is 1.35 bits per heavy atom. The van der Waals surface area contributed by atoms with Gasteiger partial charge >= 0.3 is 6.36 Å². The first kappa shape index (κ1) is 13.8. The van der Waals surface area contributed by atoms with Crippen LogP contribution < -0.4 is 4.74 Å². The molecule has 0 bridgehead atoms. The molecule has 0 aliphatic carbocycles. The summed E-state index contributed by atoms with van der Waals surface area (Å²) in [6, 6.07) is 5.45. The van der Waals surface area contributed by atoms with Crippen molar-refractivity contribution in [3.8, 4) is 5.75 Å². The summed E-state index contributed by atoms with van der Waals surface area (Å²) >= 11 is 0. The highest BCUT2D eigenvalue weighted by Gasteiger charge is 2.31. The summed E-state index contributed by atoms with van der Waals surface area (Å²) in [5.41, 5.74) is 0.445. The molecule has 0 fully saturated rings. The molecule has 0 spiro atoms. The topological polar surface area (TPSA) is 29.5 Å². The van der Waals surface area contributed by atoms with E-state index in [1.54, 1.807) is 6.07 Å². The van der Waals surface area contributed by atoms with E-state index in [0.717, 1.165) is 12.8 Å². The first-order chi connectivity index (χ1) is 7.92. The fraction of sp³-hybridized carbons (Fsp3) is 0.500. The molecular formula is C12H15F3O2. The van der Waals surface area contributed by atoms with Gasteiger partial charge in [0, 0.05) is 0 Å². The lowest BCUT2D eigenvalue weighted by Gasteiger charge is -2.13. The first-order valence-corrected chi connectivity index (χ1v) is 5.46. The predicted molar refractivity (Wildman–Crippen MR) is 57.6 cm³/mol. The van der Waals surface area contributed by atoms with E-state index in [-0.39, 0.29) is 5.75 Å². The molecule has 1 atom stereocenters. The van der Waals surface area contributed by atoms with Crippen molar-refractivity contribution in [2.24, 2.45) is 0 Å². The lowest BCUT2D eigenvalue weighted by atomic mass is 10.0. The molecule has 0 saturated carbocycles. The minimum atomic E-state index is -4.70. The SMILES string of the molecule is CCCCC(O)c1cccc(OC(F)(F)F)c1. The summed E-state index contributed by atoms with van der Waals surface area (Å²) in [4.78, 5) is 0. The number of hydrogen-bond acceptors (Lipinski definition) is 2. The molecule has 0 aliphatic rings. The van der Waals surface area contributed by atoms with Crippen LogP contribution in [0.25, 0.3) is 0 Å². The van der Waals surface area contributed by atoms with E-state index >= 15 is 0 Å². The molecule has 1 N–H and O–H groups in total. The number of aliphatic hydroxyl groups is 1. The van der Waals surface area contributed by atoms with E-state index < -0.39 is 12.5 Å². The molecule has 2 nitrogen and oxygen atoms in total. The lowest BCUT2D eigenvalue weighted by molar-refractivity contribution is -0.274. The van der Waals surface area contributed by atoms with Crippen molar-refractivity contribution in [1.82, 2.24) is 0 Å². The fourth-order valence-corrected chi connectivity index (χ4v) is 1.48. The molecule has 0 aliphatic heterocycles. The van der Waals surface area contributed by atoms with Gasteiger partial charge in [-0.2, -0.15) is 0 Å². The third-order valence-electron chi connectivity index (χ3n) is 2.31. The number of ether oxygens (including phenoxy) is 1. The molecule has 5 heteroatoms. The number of alkyl halides is 3. The van der Waals surface area contributed by atoms with Gasteiger partial charge < -0.3 is 9.84 Å². The second kappa shape index (κ2) is 5.91. The molecule has 0 saturated heterocycles. The Labute approximate surface area is 98.0 Å². The van der Waals surface area contributed by atoms with Crippen molar-refractivity contribution in [3.63, 3.8) is 0 Å². The smallest absolute Gasteiger partial charge is 0.406 e. The van der Waals surface area contributed by atoms with Crippen LogP contribution in [0.15, 0.2) is 24.3 Å². The van der Waals surface area contributed by atoms with E-state index in [1.807, 2.05) is 6.92 Å². The minimum absolute atomic E-state index is 0.300. The van der Waals surface area contributed by atoms with Crippen LogP contribution in [0.4, 0.5) is 13.2 Å². The van der Waals surface area contributed by atoms with Gasteiger partial charge in [-0.05, 0) is 24.1 Å². The van der Waals surface area contributed by atoms with Crippen molar-refractivity contribution >= 4 is 0 Å². The van der Waals surface area contributed by atoms with Gasteiger partial charge in [-0.3, -0.25) is 0 Å². The molecule has 17 heavy (non-hydrogen) atoms. The zero-order valence-electron chi connectivity index (χ0n) is 9.50. The zero-order chi connectivity index (χ0) is 12.9. The largest absolute Gasteiger partial charge is 0.573 e. The van der Waals surface area contributed by atoms with Gasteiger partial charge in [-0.1, -0.05) is 31.9 Å². The Kier molecular flexibility index (Phi) is 4.81. The monoisotopic (exact) mass is 248 g/mol. The maximum Gasteiger partial charge on any atom is 0.573 e. The highest BCUT2D eigenvalue weighted by Crippen LogP contribution is 2.27. The Balaban J connectivity index is 2.71. The van der Waals surface area contributed by atoms with Crippen LogP contribution in [0.2, 0.25) is 0 Å². The summed E-state index contributed by atoms with van der Waals surface area (Å²) in [6.45, 7) is 1.98. The summed E-state index contributed by atoms with van der Waals surface area (Å²) in [6.07, 6.45) is -3.16. The summed E-state index contributed by atoms with van der Waals surface area (Å²) < 4.78 is 39.8. The maximum atomic E-state index is 12.0. The molecule has 0 amide bonds. The van der Waals surface area contributed by atoms with Crippen molar-refractivity contribution in [2.75, 3.05) is 0 Å². The standard InChI is InChI=1S/C12H15F3O2/c1-2-3-7-11(16)9-5-4-6-10(8-9)17-12(13,14)15/h4-6,8,11,16H,2-3,7H2,1H3. The molecular weight excluding hydrogens is 233 g/mol. The summed E-state index contributed by atoms with van der Waals surface area (Å²) in [7, 11) is 0. The van der Waals surface area contributed by atoms with Crippen LogP contribution in [0.5, 0.6) is 5.75 Å². The molecule has 0 aromatic heterocycles. The van der Waals surface area contributed by atoms with Crippen molar-refractivity contribution in [3.05, 3.63) is 29.8 Å². The third-order valence-corrected chi connectivity index (χ3v) is 2.31. The van der Waals surface area contributed by atoms with Crippen LogP contribution in [-0.4, -0.2) is 11.5 Å². The van der Waals surface area contributed by atoms with Gasteiger partial charge in [0.1, 0.15) is 5.75 Å². The van der Waals surface area contributed by atoms with Gasteiger partial charge in [0.25, 0.3) is 0 Å². The van der Waals surface area contributed by atoms with Gasteiger partial charge in [-0.15, -0.1) is 13.2 Å². The first-order valence-electron chi connectivity index (χ1n) is 5.46. The Hall–Kier alpha value is -1.23. The van der Waals surface area contributed by atoms with Gasteiger partial charge in [0.2, 0.25) is 0 Å². The maximum absolute atomic E-state index is 12.0. The van der Waals surface area contributed by atoms with E-state index in [4.69, 9.17) is 0 Å². The average Bonchev–Trinajstić information content (AvgIpc) is 2.24. The predicted octanol–water partition coefficient (Wildman–Crippen LogP) is 3.81. The van der Waals surface area contributed by atoms with Crippen LogP contribution >= 0.6 is 0 Å². The number of aliphatic hydroxyl groups excluding tert-OH is 1.